The molecule has 0 unspecified atom stereocenters. The minimum absolute atomic E-state index is 0.803. The predicted octanol–water partition coefficient (Wildman–Crippen LogP) is 4.68. The van der Waals surface area contributed by atoms with Gasteiger partial charge in [0.2, 0.25) is 0 Å². The third kappa shape index (κ3) is 3.91. The largest absolute Gasteiger partial charge is 0.341 e. The van der Waals surface area contributed by atoms with Crippen LogP contribution >= 0.6 is 15.9 Å². The number of hydrogen-bond acceptors (Lipinski definition) is 2. The zero-order valence-corrected chi connectivity index (χ0v) is 13.4. The first-order valence-corrected chi connectivity index (χ1v) is 8.14. The van der Waals surface area contributed by atoms with Gasteiger partial charge in [-0.2, -0.15) is 0 Å². The van der Waals surface area contributed by atoms with E-state index in [0.29, 0.717) is 0 Å². The summed E-state index contributed by atoms with van der Waals surface area (Å²) in [5.41, 5.74) is 3.23. The maximum Gasteiger partial charge on any atom is 0.177 e. The smallest absolute Gasteiger partial charge is 0.177 e. The Morgan fingerprint density at radius 1 is 1.00 bits per heavy atom. The Bertz CT molecular complexity index is 706. The van der Waals surface area contributed by atoms with Gasteiger partial charge in [-0.3, -0.25) is 0 Å². The van der Waals surface area contributed by atoms with Crippen LogP contribution in [0.3, 0.4) is 0 Å². The topological polar surface area (TPSA) is 41.6 Å². The fourth-order valence-corrected chi connectivity index (χ4v) is 2.82. The van der Waals surface area contributed by atoms with E-state index in [2.05, 4.69) is 61.2 Å². The van der Waals surface area contributed by atoms with Crippen LogP contribution in [-0.4, -0.2) is 15.0 Å². The number of H-pyrrole nitrogens is 1. The van der Waals surface area contributed by atoms with Crippen LogP contribution in [0.25, 0.3) is 11.2 Å². The second-order valence-electron chi connectivity index (χ2n) is 5.25. The van der Waals surface area contributed by atoms with Gasteiger partial charge in [0.25, 0.3) is 0 Å². The molecule has 3 nitrogen and oxygen atoms in total. The molecule has 108 valence electrons. The first-order valence-electron chi connectivity index (χ1n) is 7.35. The van der Waals surface area contributed by atoms with E-state index < -0.39 is 0 Å². The Kier molecular flexibility index (Phi) is 4.65. The summed E-state index contributed by atoms with van der Waals surface area (Å²) in [4.78, 5) is 12.2. The van der Waals surface area contributed by atoms with Crippen LogP contribution in [0.5, 0.6) is 0 Å². The first kappa shape index (κ1) is 14.3. The third-order valence-electron chi connectivity index (χ3n) is 3.57. The molecule has 0 aliphatic heterocycles. The number of imidazole rings is 1. The molecular formula is C17H18BrN3. The SMILES string of the molecule is Brc1cnc2nc(CCCCCc3ccccc3)[nH]c2c1. The van der Waals surface area contributed by atoms with Gasteiger partial charge in [-0.1, -0.05) is 36.8 Å². The Morgan fingerprint density at radius 2 is 1.81 bits per heavy atom. The second-order valence-corrected chi connectivity index (χ2v) is 6.17. The average molecular weight is 344 g/mol. The lowest BCUT2D eigenvalue weighted by Gasteiger charge is -2.00. The highest BCUT2D eigenvalue weighted by Crippen LogP contribution is 2.16. The number of halogens is 1. The molecule has 4 heteroatoms. The number of nitrogens with zero attached hydrogens (tertiary/aromatic N) is 2. The van der Waals surface area contributed by atoms with Crippen molar-refractivity contribution < 1.29 is 0 Å². The zero-order valence-electron chi connectivity index (χ0n) is 11.8. The maximum absolute atomic E-state index is 4.52. The van der Waals surface area contributed by atoms with Gasteiger partial charge in [-0.05, 0) is 46.8 Å². The van der Waals surface area contributed by atoms with Gasteiger partial charge < -0.3 is 4.98 Å². The molecule has 1 aromatic carbocycles. The van der Waals surface area contributed by atoms with E-state index in [-0.39, 0.29) is 0 Å². The van der Waals surface area contributed by atoms with E-state index >= 15 is 0 Å². The van der Waals surface area contributed by atoms with Gasteiger partial charge in [0.15, 0.2) is 5.65 Å². The summed E-state index contributed by atoms with van der Waals surface area (Å²) < 4.78 is 0.980. The molecule has 0 aliphatic rings. The lowest BCUT2D eigenvalue weighted by Crippen LogP contribution is -1.90. The summed E-state index contributed by atoms with van der Waals surface area (Å²) in [6.45, 7) is 0. The van der Waals surface area contributed by atoms with Gasteiger partial charge in [0.05, 0.1) is 5.52 Å². The molecule has 0 atom stereocenters. The predicted molar refractivity (Wildman–Crippen MR) is 89.3 cm³/mol. The number of rotatable bonds is 6. The maximum atomic E-state index is 4.52. The number of fused-ring (bicyclic) bond motifs is 1. The van der Waals surface area contributed by atoms with Crippen molar-refractivity contribution in [1.29, 1.82) is 0 Å². The number of aromatic nitrogens is 3. The minimum Gasteiger partial charge on any atom is -0.341 e. The summed E-state index contributed by atoms with van der Waals surface area (Å²) in [5.74, 6) is 1.04. The van der Waals surface area contributed by atoms with Gasteiger partial charge in [0.1, 0.15) is 5.82 Å². The number of hydrogen-bond donors (Lipinski definition) is 1. The standard InChI is InChI=1S/C17H18BrN3/c18-14-11-15-17(19-12-14)21-16(20-15)10-6-2-5-9-13-7-3-1-4-8-13/h1,3-4,7-8,11-12H,2,5-6,9-10H2,(H,19,20,21). The summed E-state index contributed by atoms with van der Waals surface area (Å²) >= 11 is 3.43. The number of nitrogens with one attached hydrogen (secondary N) is 1. The van der Waals surface area contributed by atoms with Crippen molar-refractivity contribution in [2.45, 2.75) is 32.1 Å². The monoisotopic (exact) mass is 343 g/mol. The van der Waals surface area contributed by atoms with E-state index in [1.807, 2.05) is 6.07 Å². The molecule has 3 aromatic rings. The van der Waals surface area contributed by atoms with Crippen molar-refractivity contribution in [3.8, 4) is 0 Å². The number of aromatic amines is 1. The first-order chi connectivity index (χ1) is 10.3. The summed E-state index contributed by atoms with van der Waals surface area (Å²) in [5, 5.41) is 0. The van der Waals surface area contributed by atoms with Crippen LogP contribution in [0.1, 0.15) is 30.7 Å². The van der Waals surface area contributed by atoms with Crippen LogP contribution in [0.4, 0.5) is 0 Å². The van der Waals surface area contributed by atoms with E-state index in [9.17, 15) is 0 Å². The summed E-state index contributed by atoms with van der Waals surface area (Å²) in [6, 6.07) is 12.7. The fourth-order valence-electron chi connectivity index (χ4n) is 2.49. The van der Waals surface area contributed by atoms with Crippen molar-refractivity contribution in [3.63, 3.8) is 0 Å². The molecule has 0 bridgehead atoms. The molecule has 21 heavy (non-hydrogen) atoms. The molecule has 2 heterocycles. The number of unbranched alkanes of at least 4 members (excludes halogenated alkanes) is 2. The van der Waals surface area contributed by atoms with Crippen molar-refractivity contribution in [2.24, 2.45) is 0 Å². The fraction of sp³-hybridized carbons (Fsp3) is 0.294. The van der Waals surface area contributed by atoms with E-state index in [1.165, 1.54) is 18.4 Å². The second kappa shape index (κ2) is 6.85. The Balaban J connectivity index is 1.46. The number of pyridine rings is 1. The van der Waals surface area contributed by atoms with Crippen LogP contribution in [0, 0.1) is 0 Å². The van der Waals surface area contributed by atoms with Crippen LogP contribution in [0.15, 0.2) is 47.1 Å². The van der Waals surface area contributed by atoms with Gasteiger partial charge in [-0.25, -0.2) is 9.97 Å². The molecule has 0 radical (unpaired) electrons. The molecule has 0 fully saturated rings. The molecule has 0 saturated carbocycles. The molecular weight excluding hydrogens is 326 g/mol. The van der Waals surface area contributed by atoms with Gasteiger partial charge in [0, 0.05) is 17.1 Å². The molecule has 2 aromatic heterocycles. The number of benzene rings is 1. The highest BCUT2D eigenvalue weighted by molar-refractivity contribution is 9.10. The van der Waals surface area contributed by atoms with Crippen LogP contribution in [0.2, 0.25) is 0 Å². The lowest BCUT2D eigenvalue weighted by atomic mass is 10.1. The van der Waals surface area contributed by atoms with Crippen molar-refractivity contribution in [3.05, 3.63) is 58.5 Å². The molecule has 0 saturated heterocycles. The molecule has 3 rings (SSSR count). The highest BCUT2D eigenvalue weighted by atomic mass is 79.9. The quantitative estimate of drug-likeness (QED) is 0.660. The van der Waals surface area contributed by atoms with Crippen molar-refractivity contribution >= 4 is 27.1 Å². The molecule has 0 spiro atoms. The van der Waals surface area contributed by atoms with E-state index in [0.717, 1.165) is 40.7 Å². The van der Waals surface area contributed by atoms with E-state index in [1.54, 1.807) is 6.20 Å². The molecule has 0 aliphatic carbocycles. The Morgan fingerprint density at radius 3 is 2.67 bits per heavy atom. The van der Waals surface area contributed by atoms with Crippen LogP contribution < -0.4 is 0 Å². The third-order valence-corrected chi connectivity index (χ3v) is 4.01. The Hall–Kier alpha value is -1.68. The van der Waals surface area contributed by atoms with Gasteiger partial charge in [-0.15, -0.1) is 0 Å². The Labute approximate surface area is 133 Å². The van der Waals surface area contributed by atoms with Crippen LogP contribution in [-0.2, 0) is 12.8 Å². The molecule has 0 amide bonds. The van der Waals surface area contributed by atoms with E-state index in [4.69, 9.17) is 0 Å². The number of aryl methyl sites for hydroxylation is 2. The highest BCUT2D eigenvalue weighted by Gasteiger charge is 2.04. The zero-order chi connectivity index (χ0) is 14.5. The molecule has 1 N–H and O–H groups in total. The lowest BCUT2D eigenvalue weighted by molar-refractivity contribution is 0.666. The normalized spacial score (nSPS) is 11.1. The average Bonchev–Trinajstić information content (AvgIpc) is 2.90. The van der Waals surface area contributed by atoms with Gasteiger partial charge >= 0.3 is 0 Å². The summed E-state index contributed by atoms with van der Waals surface area (Å²) in [7, 11) is 0. The minimum atomic E-state index is 0.803. The summed E-state index contributed by atoms with van der Waals surface area (Å²) in [6.07, 6.45) is 7.55. The van der Waals surface area contributed by atoms with Crippen molar-refractivity contribution in [2.75, 3.05) is 0 Å². The van der Waals surface area contributed by atoms with Crippen molar-refractivity contribution in [1.82, 2.24) is 15.0 Å².